The number of carbonyl (C=O) groups is 1. The van der Waals surface area contributed by atoms with Gasteiger partial charge >= 0.3 is 0 Å². The monoisotopic (exact) mass is 480 g/mol. The predicted octanol–water partition coefficient (Wildman–Crippen LogP) is 6.85. The molecule has 1 fully saturated rings. The van der Waals surface area contributed by atoms with Crippen molar-refractivity contribution in [2.24, 2.45) is 0 Å². The van der Waals surface area contributed by atoms with Gasteiger partial charge in [-0.3, -0.25) is 9.36 Å². The van der Waals surface area contributed by atoms with E-state index in [1.54, 1.807) is 0 Å². The van der Waals surface area contributed by atoms with Gasteiger partial charge in [-0.05, 0) is 62.8 Å². The van der Waals surface area contributed by atoms with Crippen LogP contribution in [0.25, 0.3) is 11.4 Å². The van der Waals surface area contributed by atoms with Crippen LogP contribution in [0.5, 0.6) is 0 Å². The van der Waals surface area contributed by atoms with Crippen LogP contribution in [0.1, 0.15) is 97.1 Å². The summed E-state index contributed by atoms with van der Waals surface area (Å²) >= 11 is 1.54. The molecule has 34 heavy (non-hydrogen) atoms. The largest absolute Gasteiger partial charge is 0.355 e. The molecule has 0 aliphatic heterocycles. The number of hydrogen-bond donors (Lipinski definition) is 1. The third-order valence-electron chi connectivity index (χ3n) is 7.15. The van der Waals surface area contributed by atoms with Gasteiger partial charge in [0.15, 0.2) is 11.0 Å². The van der Waals surface area contributed by atoms with Crippen molar-refractivity contribution in [2.45, 2.75) is 107 Å². The van der Waals surface area contributed by atoms with E-state index in [0.717, 1.165) is 42.4 Å². The van der Waals surface area contributed by atoms with Crippen molar-refractivity contribution >= 4 is 17.7 Å². The Bertz CT molecular complexity index is 996. The molecule has 5 nitrogen and oxygen atoms in total. The van der Waals surface area contributed by atoms with Crippen molar-refractivity contribution in [2.75, 3.05) is 6.54 Å². The zero-order valence-electron chi connectivity index (χ0n) is 21.3. The first-order chi connectivity index (χ1) is 16.3. The third kappa shape index (κ3) is 6.12. The van der Waals surface area contributed by atoms with Crippen molar-refractivity contribution in [1.29, 1.82) is 0 Å². The summed E-state index contributed by atoms with van der Waals surface area (Å²) in [5.74, 6) is 1.00. The summed E-state index contributed by atoms with van der Waals surface area (Å²) in [6.07, 6.45) is 13.0. The number of nitrogens with zero attached hydrogens (tertiary/aromatic N) is 3. The molecule has 2 aromatic rings. The second-order valence-corrected chi connectivity index (χ2v) is 12.2. The molecule has 4 rings (SSSR count). The third-order valence-corrected chi connectivity index (χ3v) is 8.20. The first-order valence-corrected chi connectivity index (χ1v) is 13.9. The number of hydrogen-bond acceptors (Lipinski definition) is 4. The maximum atomic E-state index is 12.8. The smallest absolute Gasteiger partial charge is 0.233 e. The Balaban J connectivity index is 1.46. The Morgan fingerprint density at radius 2 is 1.85 bits per heavy atom. The standard InChI is InChI=1S/C28H40N4OS/c1-20(26(33)29-19-18-21-10-6-5-7-11-21)34-27-31-30-25(32(27)24-12-8-9-13-24)22-14-16-23(17-15-22)28(2,3)4/h10,14-17,20,24H,5-9,11-13,18-19H2,1-4H3,(H,29,33)/t20-/m1/s1. The fourth-order valence-corrected chi connectivity index (χ4v) is 5.94. The minimum absolute atomic E-state index is 0.0819. The van der Waals surface area contributed by atoms with E-state index in [4.69, 9.17) is 0 Å². The summed E-state index contributed by atoms with van der Waals surface area (Å²) in [5.41, 5.74) is 4.02. The highest BCUT2D eigenvalue weighted by molar-refractivity contribution is 8.00. The van der Waals surface area contributed by atoms with Crippen molar-refractivity contribution in [3.05, 3.63) is 41.5 Å². The van der Waals surface area contributed by atoms with Crippen LogP contribution in [-0.2, 0) is 10.2 Å². The lowest BCUT2D eigenvalue weighted by atomic mass is 9.86. The summed E-state index contributed by atoms with van der Waals surface area (Å²) in [4.78, 5) is 12.8. The summed E-state index contributed by atoms with van der Waals surface area (Å²) in [6, 6.07) is 9.14. The molecule has 2 aliphatic carbocycles. The molecule has 1 heterocycles. The van der Waals surface area contributed by atoms with E-state index in [2.05, 4.69) is 71.2 Å². The Kier molecular flexibility index (Phi) is 8.18. The SMILES string of the molecule is C[C@@H](Sc1nnc(-c2ccc(C(C)(C)C)cc2)n1C1CCCC1)C(=O)NCCC1=CCCCC1. The molecule has 184 valence electrons. The zero-order chi connectivity index (χ0) is 24.1. The van der Waals surface area contributed by atoms with Gasteiger partial charge < -0.3 is 5.32 Å². The summed E-state index contributed by atoms with van der Waals surface area (Å²) in [7, 11) is 0. The fourth-order valence-electron chi connectivity index (χ4n) is 5.00. The number of amides is 1. The quantitative estimate of drug-likeness (QED) is 0.332. The van der Waals surface area contributed by atoms with E-state index in [0.29, 0.717) is 6.04 Å². The minimum Gasteiger partial charge on any atom is -0.355 e. The maximum Gasteiger partial charge on any atom is 0.233 e. The van der Waals surface area contributed by atoms with Crippen LogP contribution in [0.2, 0.25) is 0 Å². The highest BCUT2D eigenvalue weighted by Gasteiger charge is 2.27. The molecule has 1 aromatic heterocycles. The van der Waals surface area contributed by atoms with Gasteiger partial charge in [0.25, 0.3) is 0 Å². The molecule has 1 aromatic carbocycles. The Morgan fingerprint density at radius 1 is 1.12 bits per heavy atom. The van der Waals surface area contributed by atoms with Gasteiger partial charge in [0.1, 0.15) is 0 Å². The molecule has 1 atom stereocenters. The minimum atomic E-state index is -0.208. The highest BCUT2D eigenvalue weighted by Crippen LogP contribution is 2.38. The molecule has 0 spiro atoms. The summed E-state index contributed by atoms with van der Waals surface area (Å²) in [6.45, 7) is 9.39. The summed E-state index contributed by atoms with van der Waals surface area (Å²) < 4.78 is 2.31. The summed E-state index contributed by atoms with van der Waals surface area (Å²) in [5, 5.41) is 13.0. The normalized spacial score (nSPS) is 18.1. The van der Waals surface area contributed by atoms with Crippen molar-refractivity contribution in [3.63, 3.8) is 0 Å². The Morgan fingerprint density at radius 3 is 2.50 bits per heavy atom. The van der Waals surface area contributed by atoms with Crippen molar-refractivity contribution < 1.29 is 4.79 Å². The topological polar surface area (TPSA) is 59.8 Å². The van der Waals surface area contributed by atoms with Crippen molar-refractivity contribution in [3.8, 4) is 11.4 Å². The van der Waals surface area contributed by atoms with Gasteiger partial charge in [-0.2, -0.15) is 0 Å². The number of rotatable bonds is 8. The Hall–Kier alpha value is -2.08. The van der Waals surface area contributed by atoms with E-state index < -0.39 is 0 Å². The van der Waals surface area contributed by atoms with Crippen LogP contribution in [0.15, 0.2) is 41.1 Å². The fraction of sp³-hybridized carbons (Fsp3) is 0.607. The number of aromatic nitrogens is 3. The van der Waals surface area contributed by atoms with E-state index in [-0.39, 0.29) is 16.6 Å². The molecule has 0 radical (unpaired) electrons. The number of nitrogens with one attached hydrogen (secondary N) is 1. The second kappa shape index (κ2) is 11.1. The van der Waals surface area contributed by atoms with Crippen LogP contribution in [0.3, 0.4) is 0 Å². The van der Waals surface area contributed by atoms with Crippen LogP contribution in [-0.4, -0.2) is 32.5 Å². The average Bonchev–Trinajstić information content (AvgIpc) is 3.49. The van der Waals surface area contributed by atoms with Crippen LogP contribution in [0, 0.1) is 0 Å². The molecule has 0 bridgehead atoms. The predicted molar refractivity (Wildman–Crippen MR) is 141 cm³/mol. The van der Waals surface area contributed by atoms with E-state index in [9.17, 15) is 4.79 Å². The first kappa shape index (κ1) is 25.0. The van der Waals surface area contributed by atoms with Gasteiger partial charge in [0, 0.05) is 18.2 Å². The highest BCUT2D eigenvalue weighted by atomic mass is 32.2. The molecule has 1 N–H and O–H groups in total. The second-order valence-electron chi connectivity index (χ2n) is 10.9. The lowest BCUT2D eigenvalue weighted by Crippen LogP contribution is -2.32. The first-order valence-electron chi connectivity index (χ1n) is 13.0. The maximum absolute atomic E-state index is 12.8. The lowest BCUT2D eigenvalue weighted by Gasteiger charge is -2.20. The van der Waals surface area contributed by atoms with E-state index >= 15 is 0 Å². The van der Waals surface area contributed by atoms with Gasteiger partial charge in [0.05, 0.1) is 5.25 Å². The lowest BCUT2D eigenvalue weighted by molar-refractivity contribution is -0.120. The van der Waals surface area contributed by atoms with E-state index in [1.165, 1.54) is 61.4 Å². The van der Waals surface area contributed by atoms with Crippen LogP contribution in [0.4, 0.5) is 0 Å². The molecule has 2 aliphatic rings. The van der Waals surface area contributed by atoms with E-state index in [1.807, 2.05) is 6.92 Å². The molecule has 6 heteroatoms. The van der Waals surface area contributed by atoms with Crippen LogP contribution >= 0.6 is 11.8 Å². The Labute approximate surface area is 209 Å². The number of carbonyl (C=O) groups excluding carboxylic acids is 1. The molecule has 1 amide bonds. The molecule has 1 saturated carbocycles. The average molecular weight is 481 g/mol. The van der Waals surface area contributed by atoms with Gasteiger partial charge in [-0.1, -0.05) is 81.3 Å². The molecule has 0 unspecified atom stereocenters. The van der Waals surface area contributed by atoms with Crippen molar-refractivity contribution in [1.82, 2.24) is 20.1 Å². The number of thioether (sulfide) groups is 1. The van der Waals surface area contributed by atoms with Crippen LogP contribution < -0.4 is 5.32 Å². The van der Waals surface area contributed by atoms with Gasteiger partial charge in [-0.15, -0.1) is 10.2 Å². The van der Waals surface area contributed by atoms with Gasteiger partial charge in [-0.25, -0.2) is 0 Å². The molecule has 0 saturated heterocycles. The molecular weight excluding hydrogens is 440 g/mol. The zero-order valence-corrected chi connectivity index (χ0v) is 22.1. The number of allylic oxidation sites excluding steroid dienone is 1. The number of benzene rings is 1. The van der Waals surface area contributed by atoms with Gasteiger partial charge in [0.2, 0.25) is 5.91 Å². The molecular formula is C28H40N4OS.